The molecule has 0 atom stereocenters. The molecule has 2 amide bonds. The van der Waals surface area contributed by atoms with E-state index in [2.05, 4.69) is 27.4 Å². The number of piperazine rings is 1. The number of anilines is 1. The van der Waals surface area contributed by atoms with Gasteiger partial charge in [0, 0.05) is 43.7 Å². The van der Waals surface area contributed by atoms with Crippen molar-refractivity contribution in [2.75, 3.05) is 31.1 Å². The van der Waals surface area contributed by atoms with Crippen LogP contribution in [0.15, 0.2) is 30.3 Å². The second-order valence-electron chi connectivity index (χ2n) is 8.27. The molecule has 7 heteroatoms. The summed E-state index contributed by atoms with van der Waals surface area (Å²) in [6.07, 6.45) is 5.99. The molecule has 1 aromatic carbocycles. The van der Waals surface area contributed by atoms with Crippen molar-refractivity contribution in [1.82, 2.24) is 24.8 Å². The van der Waals surface area contributed by atoms with E-state index in [0.29, 0.717) is 6.04 Å². The maximum atomic E-state index is 12.7. The fourth-order valence-corrected chi connectivity index (χ4v) is 4.63. The second kappa shape index (κ2) is 7.54. The van der Waals surface area contributed by atoms with E-state index < -0.39 is 0 Å². The van der Waals surface area contributed by atoms with E-state index >= 15 is 0 Å². The van der Waals surface area contributed by atoms with Crippen molar-refractivity contribution >= 4 is 28.4 Å². The summed E-state index contributed by atoms with van der Waals surface area (Å²) >= 11 is 0. The summed E-state index contributed by atoms with van der Waals surface area (Å²) in [6, 6.07) is 10.7. The predicted octanol–water partition coefficient (Wildman–Crippen LogP) is 3.36. The fourth-order valence-electron chi connectivity index (χ4n) is 4.63. The fraction of sp³-hybridized carbons (Fsp3) is 0.500. The van der Waals surface area contributed by atoms with Crippen LogP contribution < -0.4 is 10.2 Å². The molecule has 7 nitrogen and oxygen atoms in total. The molecule has 1 aliphatic carbocycles. The Kier molecular flexibility index (Phi) is 4.73. The molecule has 152 valence electrons. The SMILES string of the molecule is Cc1cc2nc(N3CCN(C(=O)NC4CCCCC4)CC3)c3ccccc3n2n1. The van der Waals surface area contributed by atoms with Crippen LogP contribution in [0.5, 0.6) is 0 Å². The highest BCUT2D eigenvalue weighted by Crippen LogP contribution is 2.27. The van der Waals surface area contributed by atoms with Gasteiger partial charge in [0.2, 0.25) is 0 Å². The molecule has 0 bridgehead atoms. The Hall–Kier alpha value is -2.83. The minimum Gasteiger partial charge on any atom is -0.352 e. The van der Waals surface area contributed by atoms with E-state index in [1.54, 1.807) is 0 Å². The van der Waals surface area contributed by atoms with E-state index in [9.17, 15) is 4.79 Å². The summed E-state index contributed by atoms with van der Waals surface area (Å²) < 4.78 is 1.92. The lowest BCUT2D eigenvalue weighted by molar-refractivity contribution is 0.186. The molecule has 2 fully saturated rings. The summed E-state index contributed by atoms with van der Waals surface area (Å²) in [4.78, 5) is 21.8. The number of rotatable bonds is 2. The van der Waals surface area contributed by atoms with Crippen molar-refractivity contribution in [2.45, 2.75) is 45.1 Å². The Morgan fingerprint density at radius 2 is 1.83 bits per heavy atom. The minimum absolute atomic E-state index is 0.0937. The van der Waals surface area contributed by atoms with E-state index in [1.807, 2.05) is 34.5 Å². The third-order valence-electron chi connectivity index (χ3n) is 6.21. The zero-order chi connectivity index (χ0) is 19.8. The molecule has 2 aliphatic rings. The molecule has 2 aromatic heterocycles. The van der Waals surface area contributed by atoms with Crippen LogP contribution >= 0.6 is 0 Å². The normalized spacial score (nSPS) is 18.5. The van der Waals surface area contributed by atoms with Gasteiger partial charge in [0.15, 0.2) is 5.65 Å². The first-order chi connectivity index (χ1) is 14.2. The standard InChI is InChI=1S/C22H28N6O/c1-16-15-20-24-21(18-9-5-6-10-19(18)28(20)25-16)26-11-13-27(14-12-26)22(29)23-17-7-3-2-4-8-17/h5-6,9-10,15,17H,2-4,7-8,11-14H2,1H3,(H,23,29). The van der Waals surface area contributed by atoms with Crippen LogP contribution in [0.4, 0.5) is 10.6 Å². The zero-order valence-electron chi connectivity index (χ0n) is 17.0. The number of aryl methyl sites for hydroxylation is 1. The van der Waals surface area contributed by atoms with E-state index in [1.165, 1.54) is 19.3 Å². The van der Waals surface area contributed by atoms with Crippen molar-refractivity contribution in [2.24, 2.45) is 0 Å². The van der Waals surface area contributed by atoms with Gasteiger partial charge in [0.05, 0.1) is 11.2 Å². The largest absolute Gasteiger partial charge is 0.352 e. The van der Waals surface area contributed by atoms with E-state index in [-0.39, 0.29) is 6.03 Å². The Balaban J connectivity index is 1.34. The number of aromatic nitrogens is 3. The van der Waals surface area contributed by atoms with Crippen molar-refractivity contribution in [3.63, 3.8) is 0 Å². The number of carbonyl (C=O) groups excluding carboxylic acids is 1. The predicted molar refractivity (Wildman–Crippen MR) is 114 cm³/mol. The lowest BCUT2D eigenvalue weighted by Gasteiger charge is -2.37. The number of urea groups is 1. The van der Waals surface area contributed by atoms with Gasteiger partial charge in [-0.1, -0.05) is 31.4 Å². The van der Waals surface area contributed by atoms with Crippen molar-refractivity contribution in [3.8, 4) is 0 Å². The van der Waals surface area contributed by atoms with Gasteiger partial charge in [-0.3, -0.25) is 0 Å². The number of carbonyl (C=O) groups is 1. The molecule has 3 aromatic rings. The van der Waals surface area contributed by atoms with Crippen LogP contribution in [0.1, 0.15) is 37.8 Å². The van der Waals surface area contributed by atoms with Crippen LogP contribution in [0.2, 0.25) is 0 Å². The number of para-hydroxylation sites is 1. The number of hydrogen-bond acceptors (Lipinski definition) is 4. The van der Waals surface area contributed by atoms with Crippen molar-refractivity contribution < 1.29 is 4.79 Å². The lowest BCUT2D eigenvalue weighted by Crippen LogP contribution is -2.54. The van der Waals surface area contributed by atoms with Gasteiger partial charge in [0.1, 0.15) is 5.82 Å². The third-order valence-corrected chi connectivity index (χ3v) is 6.21. The summed E-state index contributed by atoms with van der Waals surface area (Å²) in [5.41, 5.74) is 2.90. The van der Waals surface area contributed by atoms with Gasteiger partial charge in [0.25, 0.3) is 0 Å². The topological polar surface area (TPSA) is 65.8 Å². The average molecular weight is 393 g/mol. The van der Waals surface area contributed by atoms with Crippen LogP contribution in [0, 0.1) is 6.92 Å². The highest BCUT2D eigenvalue weighted by Gasteiger charge is 2.25. The second-order valence-corrected chi connectivity index (χ2v) is 8.27. The Bertz CT molecular complexity index is 1030. The summed E-state index contributed by atoms with van der Waals surface area (Å²) in [7, 11) is 0. The summed E-state index contributed by atoms with van der Waals surface area (Å²) in [6.45, 7) is 5.01. The molecule has 1 saturated carbocycles. The highest BCUT2D eigenvalue weighted by molar-refractivity contribution is 5.92. The first-order valence-electron chi connectivity index (χ1n) is 10.7. The Morgan fingerprint density at radius 1 is 1.07 bits per heavy atom. The average Bonchev–Trinajstić information content (AvgIpc) is 3.14. The van der Waals surface area contributed by atoms with Gasteiger partial charge in [-0.25, -0.2) is 14.3 Å². The number of benzene rings is 1. The number of nitrogens with one attached hydrogen (secondary N) is 1. The quantitative estimate of drug-likeness (QED) is 0.726. The smallest absolute Gasteiger partial charge is 0.317 e. The minimum atomic E-state index is 0.0937. The number of amides is 2. The van der Waals surface area contributed by atoms with E-state index in [0.717, 1.165) is 67.1 Å². The summed E-state index contributed by atoms with van der Waals surface area (Å²) in [5.74, 6) is 0.986. The number of nitrogens with zero attached hydrogens (tertiary/aromatic N) is 5. The highest BCUT2D eigenvalue weighted by atomic mass is 16.2. The van der Waals surface area contributed by atoms with Crippen LogP contribution in [0.3, 0.4) is 0 Å². The summed E-state index contributed by atoms with van der Waals surface area (Å²) in [5, 5.41) is 8.93. The molecule has 0 radical (unpaired) electrons. The molecule has 5 rings (SSSR count). The molecule has 29 heavy (non-hydrogen) atoms. The third kappa shape index (κ3) is 3.50. The molecule has 0 unspecified atom stereocenters. The van der Waals surface area contributed by atoms with Gasteiger partial charge >= 0.3 is 6.03 Å². The molecule has 1 aliphatic heterocycles. The first-order valence-corrected chi connectivity index (χ1v) is 10.7. The van der Waals surface area contributed by atoms with Gasteiger partial charge in [-0.15, -0.1) is 0 Å². The van der Waals surface area contributed by atoms with Gasteiger partial charge in [-0.2, -0.15) is 5.10 Å². The molecular formula is C22H28N6O. The molecule has 3 heterocycles. The van der Waals surface area contributed by atoms with Crippen molar-refractivity contribution in [1.29, 1.82) is 0 Å². The zero-order valence-corrected chi connectivity index (χ0v) is 17.0. The van der Waals surface area contributed by atoms with Crippen LogP contribution in [0.25, 0.3) is 16.6 Å². The molecular weight excluding hydrogens is 364 g/mol. The number of hydrogen-bond donors (Lipinski definition) is 1. The molecule has 1 N–H and O–H groups in total. The number of fused-ring (bicyclic) bond motifs is 3. The van der Waals surface area contributed by atoms with Crippen LogP contribution in [-0.2, 0) is 0 Å². The Morgan fingerprint density at radius 3 is 2.62 bits per heavy atom. The maximum Gasteiger partial charge on any atom is 0.317 e. The van der Waals surface area contributed by atoms with Crippen LogP contribution in [-0.4, -0.2) is 57.7 Å². The van der Waals surface area contributed by atoms with Gasteiger partial charge < -0.3 is 15.1 Å². The van der Waals surface area contributed by atoms with E-state index in [4.69, 9.17) is 4.98 Å². The Labute approximate surface area is 170 Å². The monoisotopic (exact) mass is 392 g/mol. The molecule has 1 saturated heterocycles. The van der Waals surface area contributed by atoms with Gasteiger partial charge in [-0.05, 0) is 31.9 Å². The molecule has 0 spiro atoms. The van der Waals surface area contributed by atoms with Crippen molar-refractivity contribution in [3.05, 3.63) is 36.0 Å². The maximum absolute atomic E-state index is 12.7. The first kappa shape index (κ1) is 18.2. The lowest BCUT2D eigenvalue weighted by atomic mass is 9.96.